The number of nitrogens with one attached hydrogen (secondary N) is 1. The zero-order valence-corrected chi connectivity index (χ0v) is 16.3. The molecular formula is C21H33N5. The molecule has 2 aromatic rings. The van der Waals surface area contributed by atoms with Gasteiger partial charge in [0.2, 0.25) is 0 Å². The van der Waals surface area contributed by atoms with Crippen LogP contribution in [0.2, 0.25) is 0 Å². The Kier molecular flexibility index (Phi) is 7.21. The molecule has 3 rings (SSSR count). The summed E-state index contributed by atoms with van der Waals surface area (Å²) in [6.07, 6.45) is 11.0. The van der Waals surface area contributed by atoms with Crippen molar-refractivity contribution in [1.29, 1.82) is 0 Å². The first-order chi connectivity index (χ1) is 12.7. The average molecular weight is 356 g/mol. The summed E-state index contributed by atoms with van der Waals surface area (Å²) in [5, 5.41) is 0. The van der Waals surface area contributed by atoms with E-state index in [-0.39, 0.29) is 0 Å². The van der Waals surface area contributed by atoms with Gasteiger partial charge in [-0.2, -0.15) is 0 Å². The molecule has 0 saturated carbocycles. The third kappa shape index (κ3) is 5.64. The molecule has 2 aromatic heterocycles. The van der Waals surface area contributed by atoms with E-state index in [1.165, 1.54) is 43.6 Å². The minimum Gasteiger partial charge on any atom is -0.345 e. The molecule has 1 atom stereocenters. The number of imidazole rings is 1. The van der Waals surface area contributed by atoms with Crippen molar-refractivity contribution >= 4 is 0 Å². The number of hydrogen-bond donors (Lipinski definition) is 1. The second kappa shape index (κ2) is 9.83. The quantitative estimate of drug-likeness (QED) is 0.750. The van der Waals surface area contributed by atoms with Gasteiger partial charge in [0, 0.05) is 62.3 Å². The number of likely N-dealkylation sites (N-methyl/N-ethyl adjacent to an activating group) is 1. The molecule has 1 unspecified atom stereocenters. The summed E-state index contributed by atoms with van der Waals surface area (Å²) in [6.45, 7) is 6.61. The molecule has 5 nitrogen and oxygen atoms in total. The van der Waals surface area contributed by atoms with Crippen LogP contribution in [0.3, 0.4) is 0 Å². The lowest BCUT2D eigenvalue weighted by Gasteiger charge is -2.37. The van der Waals surface area contributed by atoms with E-state index in [4.69, 9.17) is 0 Å². The van der Waals surface area contributed by atoms with Crippen molar-refractivity contribution in [3.05, 3.63) is 47.8 Å². The Morgan fingerprint density at radius 1 is 1.27 bits per heavy atom. The molecule has 0 bridgehead atoms. The summed E-state index contributed by atoms with van der Waals surface area (Å²) in [6, 6.07) is 6.81. The van der Waals surface area contributed by atoms with Crippen molar-refractivity contribution in [3.8, 4) is 0 Å². The van der Waals surface area contributed by atoms with Crippen LogP contribution in [0.25, 0.3) is 0 Å². The first-order valence-corrected chi connectivity index (χ1v) is 10.1. The van der Waals surface area contributed by atoms with Crippen LogP contribution < -0.4 is 0 Å². The normalized spacial score (nSPS) is 18.5. The fourth-order valence-electron chi connectivity index (χ4n) is 3.75. The highest BCUT2D eigenvalue weighted by molar-refractivity contribution is 5.04. The van der Waals surface area contributed by atoms with Crippen LogP contribution in [0.5, 0.6) is 0 Å². The number of aromatic nitrogens is 3. The summed E-state index contributed by atoms with van der Waals surface area (Å²) in [7, 11) is 2.26. The van der Waals surface area contributed by atoms with Crippen molar-refractivity contribution < 1.29 is 0 Å². The smallest absolute Gasteiger partial charge is 0.106 e. The van der Waals surface area contributed by atoms with Gasteiger partial charge in [-0.05, 0) is 45.0 Å². The van der Waals surface area contributed by atoms with E-state index in [1.807, 2.05) is 18.5 Å². The first kappa shape index (κ1) is 19.1. The fourth-order valence-corrected chi connectivity index (χ4v) is 3.75. The summed E-state index contributed by atoms with van der Waals surface area (Å²) >= 11 is 0. The fraction of sp³-hybridized carbons (Fsp3) is 0.619. The van der Waals surface area contributed by atoms with E-state index in [0.717, 1.165) is 38.3 Å². The van der Waals surface area contributed by atoms with Crippen LogP contribution in [0.15, 0.2) is 30.6 Å². The molecule has 1 fully saturated rings. The number of H-pyrrole nitrogens is 1. The van der Waals surface area contributed by atoms with E-state index in [2.05, 4.69) is 50.9 Å². The monoisotopic (exact) mass is 355 g/mol. The lowest BCUT2D eigenvalue weighted by atomic mass is 10.0. The Morgan fingerprint density at radius 2 is 2.19 bits per heavy atom. The van der Waals surface area contributed by atoms with Crippen LogP contribution in [0, 0.1) is 0 Å². The van der Waals surface area contributed by atoms with Gasteiger partial charge in [-0.3, -0.25) is 9.88 Å². The number of unbranched alkanes of at least 4 members (excludes halogenated alkanes) is 1. The molecule has 1 saturated heterocycles. The first-order valence-electron chi connectivity index (χ1n) is 10.1. The molecule has 5 heteroatoms. The predicted octanol–water partition coefficient (Wildman–Crippen LogP) is 3.29. The molecule has 1 N–H and O–H groups in total. The van der Waals surface area contributed by atoms with Gasteiger partial charge < -0.3 is 9.88 Å². The lowest BCUT2D eigenvalue weighted by molar-refractivity contribution is 0.111. The van der Waals surface area contributed by atoms with Crippen LogP contribution >= 0.6 is 0 Å². The van der Waals surface area contributed by atoms with Gasteiger partial charge in [-0.1, -0.05) is 19.4 Å². The van der Waals surface area contributed by atoms with E-state index in [9.17, 15) is 0 Å². The van der Waals surface area contributed by atoms with Gasteiger partial charge in [0.05, 0.1) is 0 Å². The number of rotatable bonds is 9. The average Bonchev–Trinajstić information content (AvgIpc) is 3.12. The molecule has 0 aliphatic carbocycles. The van der Waals surface area contributed by atoms with Crippen molar-refractivity contribution in [2.75, 3.05) is 26.7 Å². The molecule has 0 aromatic carbocycles. The Bertz CT molecular complexity index is 639. The number of pyridine rings is 1. The number of aromatic amines is 1. The molecule has 142 valence electrons. The number of nitrogens with zero attached hydrogens (tertiary/aromatic N) is 4. The van der Waals surface area contributed by atoms with Crippen LogP contribution in [0.4, 0.5) is 0 Å². The topological polar surface area (TPSA) is 48.1 Å². The van der Waals surface area contributed by atoms with Crippen molar-refractivity contribution in [2.45, 2.75) is 58.0 Å². The van der Waals surface area contributed by atoms with Crippen molar-refractivity contribution in [2.24, 2.45) is 0 Å². The number of hydrogen-bond acceptors (Lipinski definition) is 4. The predicted molar refractivity (Wildman–Crippen MR) is 106 cm³/mol. The van der Waals surface area contributed by atoms with Crippen LogP contribution in [0.1, 0.15) is 49.8 Å². The summed E-state index contributed by atoms with van der Waals surface area (Å²) in [5.41, 5.74) is 2.44. The second-order valence-corrected chi connectivity index (χ2v) is 7.54. The Balaban J connectivity index is 1.46. The maximum absolute atomic E-state index is 4.54. The Morgan fingerprint density at radius 3 is 3.00 bits per heavy atom. The summed E-state index contributed by atoms with van der Waals surface area (Å²) in [4.78, 5) is 17.6. The second-order valence-electron chi connectivity index (χ2n) is 7.54. The zero-order chi connectivity index (χ0) is 18.2. The highest BCUT2D eigenvalue weighted by Gasteiger charge is 2.23. The third-order valence-electron chi connectivity index (χ3n) is 5.39. The van der Waals surface area contributed by atoms with Gasteiger partial charge in [-0.15, -0.1) is 0 Å². The van der Waals surface area contributed by atoms with E-state index < -0.39 is 0 Å². The van der Waals surface area contributed by atoms with Crippen molar-refractivity contribution in [3.63, 3.8) is 0 Å². The minimum atomic E-state index is 0.634. The molecule has 26 heavy (non-hydrogen) atoms. The van der Waals surface area contributed by atoms with Crippen molar-refractivity contribution in [1.82, 2.24) is 24.8 Å². The van der Waals surface area contributed by atoms with E-state index >= 15 is 0 Å². The van der Waals surface area contributed by atoms with Crippen LogP contribution in [-0.2, 0) is 19.4 Å². The SMILES string of the molecule is CCCCc1ncc(CN2CCCC(N(C)CCc3ccccn3)C2)[nH]1. The Labute approximate surface area is 157 Å². The molecule has 0 radical (unpaired) electrons. The molecule has 0 amide bonds. The molecule has 3 heterocycles. The zero-order valence-electron chi connectivity index (χ0n) is 16.3. The van der Waals surface area contributed by atoms with Gasteiger partial charge in [0.1, 0.15) is 5.82 Å². The largest absolute Gasteiger partial charge is 0.345 e. The highest BCUT2D eigenvalue weighted by Crippen LogP contribution is 2.17. The van der Waals surface area contributed by atoms with Gasteiger partial charge in [-0.25, -0.2) is 4.98 Å². The highest BCUT2D eigenvalue weighted by atomic mass is 15.2. The van der Waals surface area contributed by atoms with Gasteiger partial charge in [0.25, 0.3) is 0 Å². The van der Waals surface area contributed by atoms with Crippen LogP contribution in [-0.4, -0.2) is 57.5 Å². The molecule has 0 spiro atoms. The number of piperidine rings is 1. The third-order valence-corrected chi connectivity index (χ3v) is 5.39. The summed E-state index contributed by atoms with van der Waals surface area (Å²) in [5.74, 6) is 1.14. The number of likely N-dealkylation sites (tertiary alicyclic amines) is 1. The van der Waals surface area contributed by atoms with E-state index in [1.54, 1.807) is 0 Å². The van der Waals surface area contributed by atoms with Gasteiger partial charge >= 0.3 is 0 Å². The number of aryl methyl sites for hydroxylation is 1. The summed E-state index contributed by atoms with van der Waals surface area (Å²) < 4.78 is 0. The van der Waals surface area contributed by atoms with Gasteiger partial charge in [0.15, 0.2) is 0 Å². The van der Waals surface area contributed by atoms with E-state index in [0.29, 0.717) is 6.04 Å². The molecular weight excluding hydrogens is 322 g/mol. The minimum absolute atomic E-state index is 0.634. The Hall–Kier alpha value is -1.72. The molecule has 1 aliphatic heterocycles. The maximum atomic E-state index is 4.54. The molecule has 1 aliphatic rings. The lowest BCUT2D eigenvalue weighted by Crippen LogP contribution is -2.46. The maximum Gasteiger partial charge on any atom is 0.106 e. The standard InChI is InChI=1S/C21H33N5/c1-3-4-10-21-23-15-19(24-21)16-26-13-7-9-20(17-26)25(2)14-11-18-8-5-6-12-22-18/h5-6,8,12,15,20H,3-4,7,9-11,13-14,16-17H2,1-2H3,(H,23,24).